The first kappa shape index (κ1) is 20.8. The molecule has 3 aromatic carbocycles. The molecule has 32 heavy (non-hydrogen) atoms. The Morgan fingerprint density at radius 2 is 1.81 bits per heavy atom. The summed E-state index contributed by atoms with van der Waals surface area (Å²) in [5.41, 5.74) is 5.58. The summed E-state index contributed by atoms with van der Waals surface area (Å²) >= 11 is 0. The van der Waals surface area contributed by atoms with E-state index in [1.165, 1.54) is 17.3 Å². The molecule has 3 aromatic rings. The van der Waals surface area contributed by atoms with Crippen LogP contribution in [-0.2, 0) is 13.0 Å². The Morgan fingerprint density at radius 1 is 1.00 bits per heavy atom. The van der Waals surface area contributed by atoms with Gasteiger partial charge in [-0.1, -0.05) is 30.3 Å². The first-order chi connectivity index (χ1) is 15.6. The number of ether oxygens (including phenoxy) is 1. The van der Waals surface area contributed by atoms with Crippen molar-refractivity contribution in [3.05, 3.63) is 83.7 Å². The van der Waals surface area contributed by atoms with E-state index in [0.29, 0.717) is 6.61 Å². The molecule has 1 unspecified atom stereocenters. The first-order valence-corrected chi connectivity index (χ1v) is 11.4. The van der Waals surface area contributed by atoms with E-state index in [0.717, 1.165) is 55.2 Å². The fourth-order valence-electron chi connectivity index (χ4n) is 4.81. The maximum Gasteiger partial charge on any atom is 0.143 e. The summed E-state index contributed by atoms with van der Waals surface area (Å²) in [6, 6.07) is 22.3. The standard InChI is InChI=1S/C27H30FN3O/c1-29(2)23-11-7-20(8-12-23)13-15-30-16-14-24(18-30)31-25-5-3-4-6-27(25)32-19-21-9-10-22(28)17-26(21)31/h3-12,17,24H,13-16,18-19H2,1-2H3. The highest BCUT2D eigenvalue weighted by molar-refractivity contribution is 5.73. The number of para-hydroxylation sites is 2. The van der Waals surface area contributed by atoms with E-state index in [2.05, 4.69) is 59.1 Å². The fraction of sp³-hybridized carbons (Fsp3) is 0.333. The summed E-state index contributed by atoms with van der Waals surface area (Å²) in [7, 11) is 4.13. The molecule has 0 amide bonds. The number of benzene rings is 3. The highest BCUT2D eigenvalue weighted by Gasteiger charge is 2.33. The molecule has 5 heteroatoms. The van der Waals surface area contributed by atoms with Crippen LogP contribution < -0.4 is 14.5 Å². The zero-order valence-electron chi connectivity index (χ0n) is 18.8. The molecule has 0 N–H and O–H groups in total. The van der Waals surface area contributed by atoms with Crippen molar-refractivity contribution < 1.29 is 9.13 Å². The van der Waals surface area contributed by atoms with Gasteiger partial charge in [-0.3, -0.25) is 0 Å². The number of anilines is 3. The molecule has 4 nitrogen and oxygen atoms in total. The lowest BCUT2D eigenvalue weighted by Crippen LogP contribution is -2.35. The smallest absolute Gasteiger partial charge is 0.143 e. The summed E-state index contributed by atoms with van der Waals surface area (Å²) in [5.74, 6) is 0.660. The van der Waals surface area contributed by atoms with Crippen LogP contribution in [0, 0.1) is 5.82 Å². The molecule has 0 bridgehead atoms. The lowest BCUT2D eigenvalue weighted by atomic mass is 10.1. The summed E-state index contributed by atoms with van der Waals surface area (Å²) in [6.07, 6.45) is 2.08. The Balaban J connectivity index is 1.34. The molecule has 2 aliphatic heterocycles. The van der Waals surface area contributed by atoms with E-state index in [1.807, 2.05) is 24.3 Å². The Hall–Kier alpha value is -3.05. The van der Waals surface area contributed by atoms with Gasteiger partial charge in [-0.25, -0.2) is 4.39 Å². The quantitative estimate of drug-likeness (QED) is 0.550. The highest BCUT2D eigenvalue weighted by atomic mass is 19.1. The number of hydrogen-bond acceptors (Lipinski definition) is 4. The zero-order valence-corrected chi connectivity index (χ0v) is 18.8. The molecular weight excluding hydrogens is 401 g/mol. The summed E-state index contributed by atoms with van der Waals surface area (Å²) < 4.78 is 20.3. The zero-order chi connectivity index (χ0) is 22.1. The summed E-state index contributed by atoms with van der Waals surface area (Å²) in [5, 5.41) is 0. The molecule has 1 fully saturated rings. The van der Waals surface area contributed by atoms with Crippen LogP contribution in [0.1, 0.15) is 17.5 Å². The van der Waals surface area contributed by atoms with E-state index in [4.69, 9.17) is 4.74 Å². The van der Waals surface area contributed by atoms with Crippen LogP contribution in [0.4, 0.5) is 21.5 Å². The second-order valence-electron chi connectivity index (χ2n) is 8.95. The molecule has 2 heterocycles. The molecule has 0 radical (unpaired) electrons. The van der Waals surface area contributed by atoms with Gasteiger partial charge in [-0.2, -0.15) is 0 Å². The van der Waals surface area contributed by atoms with Gasteiger partial charge in [0.1, 0.15) is 18.2 Å². The van der Waals surface area contributed by atoms with Crippen LogP contribution in [0.15, 0.2) is 66.7 Å². The third-order valence-electron chi connectivity index (χ3n) is 6.60. The molecule has 0 spiro atoms. The Morgan fingerprint density at radius 3 is 2.62 bits per heavy atom. The van der Waals surface area contributed by atoms with Gasteiger partial charge in [-0.05, 0) is 54.8 Å². The van der Waals surface area contributed by atoms with Crippen LogP contribution in [0.5, 0.6) is 5.75 Å². The van der Waals surface area contributed by atoms with Crippen LogP contribution in [0.25, 0.3) is 0 Å². The normalized spacial score (nSPS) is 18.0. The topological polar surface area (TPSA) is 19.0 Å². The monoisotopic (exact) mass is 431 g/mol. The average molecular weight is 432 g/mol. The van der Waals surface area contributed by atoms with Crippen LogP contribution in [0.2, 0.25) is 0 Å². The van der Waals surface area contributed by atoms with E-state index in [1.54, 1.807) is 6.07 Å². The van der Waals surface area contributed by atoms with Gasteiger partial charge in [-0.15, -0.1) is 0 Å². The maximum absolute atomic E-state index is 14.2. The largest absolute Gasteiger partial charge is 0.487 e. The summed E-state index contributed by atoms with van der Waals surface area (Å²) in [4.78, 5) is 6.96. The van der Waals surface area contributed by atoms with Crippen molar-refractivity contribution in [1.82, 2.24) is 4.90 Å². The minimum absolute atomic E-state index is 0.204. The molecule has 0 saturated carbocycles. The van der Waals surface area contributed by atoms with Gasteiger partial charge >= 0.3 is 0 Å². The van der Waals surface area contributed by atoms with Crippen molar-refractivity contribution in [3.8, 4) is 5.75 Å². The molecule has 1 atom stereocenters. The molecule has 166 valence electrons. The lowest BCUT2D eigenvalue weighted by molar-refractivity contribution is 0.310. The summed E-state index contributed by atoms with van der Waals surface area (Å²) in [6.45, 7) is 3.49. The second-order valence-corrected chi connectivity index (χ2v) is 8.95. The third kappa shape index (κ3) is 4.17. The Labute approximate surface area is 189 Å². The van der Waals surface area contributed by atoms with Gasteiger partial charge in [0, 0.05) is 51.0 Å². The Bertz CT molecular complexity index is 1080. The van der Waals surface area contributed by atoms with E-state index >= 15 is 0 Å². The van der Waals surface area contributed by atoms with Gasteiger partial charge < -0.3 is 19.4 Å². The molecule has 0 aromatic heterocycles. The fourth-order valence-corrected chi connectivity index (χ4v) is 4.81. The van der Waals surface area contributed by atoms with E-state index in [-0.39, 0.29) is 11.9 Å². The van der Waals surface area contributed by atoms with Crippen molar-refractivity contribution in [1.29, 1.82) is 0 Å². The van der Waals surface area contributed by atoms with E-state index < -0.39 is 0 Å². The van der Waals surface area contributed by atoms with Gasteiger partial charge in [0.15, 0.2) is 0 Å². The van der Waals surface area contributed by atoms with Gasteiger partial charge in [0.25, 0.3) is 0 Å². The number of likely N-dealkylation sites (tertiary alicyclic amines) is 1. The first-order valence-electron chi connectivity index (χ1n) is 11.4. The van der Waals surface area contributed by atoms with Crippen molar-refractivity contribution in [2.75, 3.05) is 43.5 Å². The minimum Gasteiger partial charge on any atom is -0.487 e. The van der Waals surface area contributed by atoms with Crippen molar-refractivity contribution >= 4 is 17.1 Å². The maximum atomic E-state index is 14.2. The van der Waals surface area contributed by atoms with Crippen molar-refractivity contribution in [3.63, 3.8) is 0 Å². The van der Waals surface area contributed by atoms with Crippen molar-refractivity contribution in [2.45, 2.75) is 25.5 Å². The van der Waals surface area contributed by atoms with Crippen LogP contribution in [-0.4, -0.2) is 44.7 Å². The van der Waals surface area contributed by atoms with Gasteiger partial charge in [0.2, 0.25) is 0 Å². The molecule has 2 aliphatic rings. The van der Waals surface area contributed by atoms with E-state index in [9.17, 15) is 4.39 Å². The predicted molar refractivity (Wildman–Crippen MR) is 129 cm³/mol. The number of hydrogen-bond donors (Lipinski definition) is 0. The van der Waals surface area contributed by atoms with Crippen LogP contribution >= 0.6 is 0 Å². The second kappa shape index (κ2) is 8.83. The number of nitrogens with zero attached hydrogens (tertiary/aromatic N) is 3. The number of fused-ring (bicyclic) bond motifs is 2. The number of halogens is 1. The van der Waals surface area contributed by atoms with Gasteiger partial charge in [0.05, 0.1) is 11.4 Å². The van der Waals surface area contributed by atoms with Crippen molar-refractivity contribution in [2.24, 2.45) is 0 Å². The average Bonchev–Trinajstić information content (AvgIpc) is 3.20. The lowest BCUT2D eigenvalue weighted by Gasteiger charge is -2.32. The van der Waals surface area contributed by atoms with Crippen LogP contribution in [0.3, 0.4) is 0 Å². The Kier molecular flexibility index (Phi) is 5.75. The predicted octanol–water partition coefficient (Wildman–Crippen LogP) is 5.24. The minimum atomic E-state index is -0.204. The third-order valence-corrected chi connectivity index (χ3v) is 6.60. The number of rotatable bonds is 5. The SMILES string of the molecule is CN(C)c1ccc(CCN2CCC(N3c4cc(F)ccc4COc4ccccc43)C2)cc1. The molecule has 1 saturated heterocycles. The molecule has 5 rings (SSSR count). The highest BCUT2D eigenvalue weighted by Crippen LogP contribution is 2.42. The molecule has 0 aliphatic carbocycles. The molecular formula is C27H30FN3O.